The first kappa shape index (κ1) is 22.2. The lowest BCUT2D eigenvalue weighted by Gasteiger charge is -2.32. The van der Waals surface area contributed by atoms with Crippen LogP contribution in [-0.2, 0) is 20.6 Å². The van der Waals surface area contributed by atoms with Crippen LogP contribution < -0.4 is 5.46 Å². The van der Waals surface area contributed by atoms with Crippen molar-refractivity contribution in [1.29, 1.82) is 0 Å². The van der Waals surface area contributed by atoms with E-state index in [0.29, 0.717) is 0 Å². The zero-order valence-corrected chi connectivity index (χ0v) is 17.7. The summed E-state index contributed by atoms with van der Waals surface area (Å²) in [5.41, 5.74) is 0.380. The van der Waals surface area contributed by atoms with Crippen molar-refractivity contribution in [3.63, 3.8) is 0 Å². The second-order valence-electron chi connectivity index (χ2n) is 8.76. The number of carbonyl (C=O) groups is 1. The summed E-state index contributed by atoms with van der Waals surface area (Å²) in [5, 5.41) is 4.47. The molecule has 0 atom stereocenters. The molecular formula is C21H37BN2O3. The van der Waals surface area contributed by atoms with E-state index in [2.05, 4.69) is 39.0 Å². The van der Waals surface area contributed by atoms with Crippen LogP contribution in [0.1, 0.15) is 91.9 Å². The van der Waals surface area contributed by atoms with Crippen LogP contribution in [0.4, 0.5) is 0 Å². The van der Waals surface area contributed by atoms with Crippen molar-refractivity contribution in [2.75, 3.05) is 0 Å². The molecule has 0 N–H and O–H groups in total. The first-order valence-corrected chi connectivity index (χ1v) is 10.7. The Morgan fingerprint density at radius 2 is 1.44 bits per heavy atom. The Bertz CT molecular complexity index is 556. The van der Waals surface area contributed by atoms with E-state index in [9.17, 15) is 4.79 Å². The second-order valence-corrected chi connectivity index (χ2v) is 8.76. The first-order valence-electron chi connectivity index (χ1n) is 10.7. The maximum Gasteiger partial charge on any atom is 0.498 e. The smallest absolute Gasteiger partial charge is 0.399 e. The van der Waals surface area contributed by atoms with Gasteiger partial charge >= 0.3 is 7.12 Å². The van der Waals surface area contributed by atoms with Gasteiger partial charge in [-0.15, -0.1) is 0 Å². The highest BCUT2D eigenvalue weighted by molar-refractivity contribution is 6.61. The molecule has 2 rings (SSSR count). The molecule has 0 bridgehead atoms. The van der Waals surface area contributed by atoms with Gasteiger partial charge in [-0.25, -0.2) is 0 Å². The van der Waals surface area contributed by atoms with Gasteiger partial charge in [0.2, 0.25) is 0 Å². The van der Waals surface area contributed by atoms with Crippen LogP contribution in [0, 0.1) is 0 Å². The van der Waals surface area contributed by atoms with Crippen molar-refractivity contribution in [2.45, 2.75) is 110 Å². The molecule has 1 aliphatic heterocycles. The Labute approximate surface area is 165 Å². The fraction of sp³-hybridized carbons (Fsp3) is 0.810. The summed E-state index contributed by atoms with van der Waals surface area (Å²) in [4.78, 5) is 10.2. The SMILES string of the molecule is CC1(C)OB(c2cnn(CCCCCCCCCCCC=O)c2)OC1(C)C. The lowest BCUT2D eigenvalue weighted by Crippen LogP contribution is -2.41. The number of nitrogens with zero attached hydrogens (tertiary/aromatic N) is 2. The summed E-state index contributed by atoms with van der Waals surface area (Å²) >= 11 is 0. The van der Waals surface area contributed by atoms with Gasteiger partial charge in [0.1, 0.15) is 6.29 Å². The van der Waals surface area contributed by atoms with Gasteiger partial charge < -0.3 is 14.1 Å². The molecular weight excluding hydrogens is 339 g/mol. The number of unbranched alkanes of at least 4 members (excludes halogenated alkanes) is 9. The van der Waals surface area contributed by atoms with Crippen LogP contribution in [0.15, 0.2) is 12.4 Å². The lowest BCUT2D eigenvalue weighted by molar-refractivity contribution is -0.107. The molecule has 2 heterocycles. The standard InChI is InChI=1S/C21H37BN2O3/c1-20(2)21(3,4)27-22(26-20)19-17-23-24(18-19)15-13-11-9-7-5-6-8-10-12-14-16-25/h16-18H,5-15H2,1-4H3. The third-order valence-electron chi connectivity index (χ3n) is 5.89. The van der Waals surface area contributed by atoms with E-state index >= 15 is 0 Å². The maximum atomic E-state index is 10.2. The van der Waals surface area contributed by atoms with Crippen LogP contribution in [0.2, 0.25) is 0 Å². The molecule has 0 aliphatic carbocycles. The van der Waals surface area contributed by atoms with Crippen molar-refractivity contribution in [3.05, 3.63) is 12.4 Å². The molecule has 27 heavy (non-hydrogen) atoms. The third kappa shape index (κ3) is 6.76. The molecule has 1 fully saturated rings. The Morgan fingerprint density at radius 1 is 0.926 bits per heavy atom. The molecule has 0 unspecified atom stereocenters. The molecule has 1 saturated heterocycles. The predicted molar refractivity (Wildman–Crippen MR) is 110 cm³/mol. The fourth-order valence-corrected chi connectivity index (χ4v) is 3.34. The molecule has 1 aromatic rings. The first-order chi connectivity index (χ1) is 12.9. The van der Waals surface area contributed by atoms with Crippen molar-refractivity contribution < 1.29 is 14.1 Å². The molecule has 0 aromatic carbocycles. The van der Waals surface area contributed by atoms with Gasteiger partial charge in [0.05, 0.1) is 11.2 Å². The number of carbonyl (C=O) groups excluding carboxylic acids is 1. The quantitative estimate of drug-likeness (QED) is 0.293. The minimum absolute atomic E-state index is 0.311. The van der Waals surface area contributed by atoms with Crippen LogP contribution in [-0.4, -0.2) is 34.4 Å². The summed E-state index contributed by atoms with van der Waals surface area (Å²) in [6.07, 6.45) is 16.8. The Kier molecular flexibility index (Phi) is 8.55. The van der Waals surface area contributed by atoms with Gasteiger partial charge in [-0.1, -0.05) is 44.9 Å². The van der Waals surface area contributed by atoms with E-state index in [4.69, 9.17) is 9.31 Å². The van der Waals surface area contributed by atoms with Crippen molar-refractivity contribution >= 4 is 18.9 Å². The van der Waals surface area contributed by atoms with Gasteiger partial charge in [0.25, 0.3) is 0 Å². The minimum Gasteiger partial charge on any atom is -0.399 e. The van der Waals surface area contributed by atoms with Crippen LogP contribution in [0.5, 0.6) is 0 Å². The molecule has 0 radical (unpaired) electrons. The summed E-state index contributed by atoms with van der Waals surface area (Å²) in [6.45, 7) is 9.24. The van der Waals surface area contributed by atoms with Gasteiger partial charge in [-0.05, 0) is 40.5 Å². The van der Waals surface area contributed by atoms with Crippen molar-refractivity contribution in [2.24, 2.45) is 0 Å². The zero-order valence-electron chi connectivity index (χ0n) is 17.7. The minimum atomic E-state index is -0.324. The number of rotatable bonds is 13. The Hall–Kier alpha value is -1.14. The highest BCUT2D eigenvalue weighted by Gasteiger charge is 2.52. The normalized spacial score (nSPS) is 18.1. The molecule has 1 aliphatic rings. The van der Waals surface area contributed by atoms with Crippen LogP contribution in [0.25, 0.3) is 0 Å². The monoisotopic (exact) mass is 376 g/mol. The van der Waals surface area contributed by atoms with E-state index in [-0.39, 0.29) is 18.3 Å². The topological polar surface area (TPSA) is 53.4 Å². The summed E-state index contributed by atoms with van der Waals surface area (Å²) in [6, 6.07) is 0. The maximum absolute atomic E-state index is 10.2. The third-order valence-corrected chi connectivity index (χ3v) is 5.89. The average Bonchev–Trinajstić information content (AvgIpc) is 3.15. The molecule has 0 saturated carbocycles. The molecule has 6 heteroatoms. The van der Waals surface area contributed by atoms with E-state index in [1.165, 1.54) is 44.9 Å². The van der Waals surface area contributed by atoms with Gasteiger partial charge in [-0.2, -0.15) is 5.10 Å². The largest absolute Gasteiger partial charge is 0.498 e. The highest BCUT2D eigenvalue weighted by atomic mass is 16.7. The molecule has 0 spiro atoms. The number of aromatic nitrogens is 2. The summed E-state index contributed by atoms with van der Waals surface area (Å²) in [7, 11) is -0.324. The van der Waals surface area contributed by atoms with Crippen molar-refractivity contribution in [1.82, 2.24) is 9.78 Å². The number of aryl methyl sites for hydroxylation is 1. The molecule has 0 amide bonds. The second kappa shape index (κ2) is 10.4. The van der Waals surface area contributed by atoms with E-state index in [1.54, 1.807) is 0 Å². The van der Waals surface area contributed by atoms with Crippen LogP contribution >= 0.6 is 0 Å². The number of aldehydes is 1. The average molecular weight is 376 g/mol. The van der Waals surface area contributed by atoms with Gasteiger partial charge in [-0.3, -0.25) is 4.68 Å². The summed E-state index contributed by atoms with van der Waals surface area (Å²) in [5.74, 6) is 0. The lowest BCUT2D eigenvalue weighted by atomic mass is 9.82. The summed E-state index contributed by atoms with van der Waals surface area (Å²) < 4.78 is 14.2. The van der Waals surface area contributed by atoms with Crippen molar-refractivity contribution in [3.8, 4) is 0 Å². The Balaban J connectivity index is 1.56. The van der Waals surface area contributed by atoms with Gasteiger partial charge in [0.15, 0.2) is 0 Å². The molecule has 1 aromatic heterocycles. The highest BCUT2D eigenvalue weighted by Crippen LogP contribution is 2.36. The zero-order chi connectivity index (χ0) is 19.8. The van der Waals surface area contributed by atoms with Gasteiger partial charge in [0, 0.05) is 30.8 Å². The number of hydrogen-bond acceptors (Lipinski definition) is 4. The predicted octanol–water partition coefficient (Wildman–Crippen LogP) is 4.28. The fourth-order valence-electron chi connectivity index (χ4n) is 3.34. The Morgan fingerprint density at radius 3 is 2.00 bits per heavy atom. The van der Waals surface area contributed by atoms with Crippen LogP contribution in [0.3, 0.4) is 0 Å². The molecule has 5 nitrogen and oxygen atoms in total. The van der Waals surface area contributed by atoms with E-state index in [1.807, 2.05) is 10.9 Å². The van der Waals surface area contributed by atoms with E-state index in [0.717, 1.165) is 37.6 Å². The van der Waals surface area contributed by atoms with E-state index < -0.39 is 0 Å². The molecule has 152 valence electrons. The number of hydrogen-bond donors (Lipinski definition) is 0.